The molecule has 0 saturated carbocycles. The number of hydrogen-bond acceptors (Lipinski definition) is 6. The standard InChI is InChI=1S/C17H19NO5S2/c1-3-25(21,22)15-7-5-4-6-14(15)17(20)23-11-16(19)18(2)10-13-8-9-24-12-13/h4-9,12H,3,10-11H2,1-2H3. The summed E-state index contributed by atoms with van der Waals surface area (Å²) >= 11 is 1.53. The van der Waals surface area contributed by atoms with Gasteiger partial charge in [-0.1, -0.05) is 19.1 Å². The van der Waals surface area contributed by atoms with Crippen molar-refractivity contribution in [3.8, 4) is 0 Å². The lowest BCUT2D eigenvalue weighted by Gasteiger charge is -2.16. The van der Waals surface area contributed by atoms with Gasteiger partial charge in [0.15, 0.2) is 16.4 Å². The first-order chi connectivity index (χ1) is 11.8. The van der Waals surface area contributed by atoms with E-state index in [1.54, 1.807) is 19.2 Å². The number of likely N-dealkylation sites (N-methyl/N-ethyl adjacent to an activating group) is 1. The predicted molar refractivity (Wildman–Crippen MR) is 95.2 cm³/mol. The molecule has 0 aliphatic carbocycles. The number of thiophene rings is 1. The molecule has 0 aliphatic rings. The lowest BCUT2D eigenvalue weighted by atomic mass is 10.2. The van der Waals surface area contributed by atoms with Crippen LogP contribution in [0, 0.1) is 0 Å². The van der Waals surface area contributed by atoms with E-state index in [4.69, 9.17) is 4.74 Å². The first-order valence-electron chi connectivity index (χ1n) is 7.59. The molecule has 2 aromatic rings. The van der Waals surface area contributed by atoms with Crippen molar-refractivity contribution in [1.82, 2.24) is 4.90 Å². The maximum atomic E-state index is 12.2. The van der Waals surface area contributed by atoms with Crippen LogP contribution in [0.3, 0.4) is 0 Å². The maximum Gasteiger partial charge on any atom is 0.339 e. The molecule has 6 nitrogen and oxygen atoms in total. The Labute approximate surface area is 151 Å². The highest BCUT2D eigenvalue weighted by Crippen LogP contribution is 2.18. The van der Waals surface area contributed by atoms with Crippen LogP contribution in [0.1, 0.15) is 22.8 Å². The van der Waals surface area contributed by atoms with Gasteiger partial charge in [0.25, 0.3) is 5.91 Å². The van der Waals surface area contributed by atoms with Gasteiger partial charge in [0.1, 0.15) is 0 Å². The van der Waals surface area contributed by atoms with Crippen molar-refractivity contribution < 1.29 is 22.7 Å². The van der Waals surface area contributed by atoms with Gasteiger partial charge in [-0.05, 0) is 34.5 Å². The van der Waals surface area contributed by atoms with E-state index in [9.17, 15) is 18.0 Å². The fourth-order valence-corrected chi connectivity index (χ4v) is 3.87. The average molecular weight is 381 g/mol. The topological polar surface area (TPSA) is 80.7 Å². The number of amides is 1. The Morgan fingerprint density at radius 2 is 1.92 bits per heavy atom. The number of sulfone groups is 1. The van der Waals surface area contributed by atoms with Crippen molar-refractivity contribution in [1.29, 1.82) is 0 Å². The van der Waals surface area contributed by atoms with Crippen LogP contribution in [0.15, 0.2) is 46.0 Å². The number of hydrogen-bond donors (Lipinski definition) is 0. The van der Waals surface area contributed by atoms with E-state index < -0.39 is 22.4 Å². The molecule has 0 saturated heterocycles. The third-order valence-corrected chi connectivity index (χ3v) is 6.09. The normalized spacial score (nSPS) is 11.1. The molecule has 1 heterocycles. The number of benzene rings is 1. The van der Waals surface area contributed by atoms with Crippen molar-refractivity contribution in [2.45, 2.75) is 18.4 Å². The summed E-state index contributed by atoms with van der Waals surface area (Å²) in [5, 5.41) is 3.85. The first-order valence-corrected chi connectivity index (χ1v) is 10.2. The van der Waals surface area contributed by atoms with Crippen LogP contribution in [0.4, 0.5) is 0 Å². The van der Waals surface area contributed by atoms with E-state index in [0.29, 0.717) is 6.54 Å². The molecule has 0 atom stereocenters. The molecule has 2 rings (SSSR count). The summed E-state index contributed by atoms with van der Waals surface area (Å²) in [5.41, 5.74) is 0.934. The lowest BCUT2D eigenvalue weighted by molar-refractivity contribution is -0.133. The monoisotopic (exact) mass is 381 g/mol. The van der Waals surface area contributed by atoms with Crippen LogP contribution in [-0.2, 0) is 25.9 Å². The fourth-order valence-electron chi connectivity index (χ4n) is 2.12. The van der Waals surface area contributed by atoms with Crippen LogP contribution < -0.4 is 0 Å². The summed E-state index contributed by atoms with van der Waals surface area (Å²) in [4.78, 5) is 25.7. The molecule has 0 fully saturated rings. The van der Waals surface area contributed by atoms with Gasteiger partial charge in [-0.15, -0.1) is 0 Å². The fraction of sp³-hybridized carbons (Fsp3) is 0.294. The number of esters is 1. The quantitative estimate of drug-likeness (QED) is 0.688. The summed E-state index contributed by atoms with van der Waals surface area (Å²) in [7, 11) is -1.94. The molecule has 1 amide bonds. The number of carbonyl (C=O) groups excluding carboxylic acids is 2. The minimum absolute atomic E-state index is 0.0577. The molecule has 0 radical (unpaired) electrons. The second kappa shape index (κ2) is 8.26. The first kappa shape index (κ1) is 19.1. The molecule has 0 spiro atoms. The molecule has 134 valence electrons. The Bertz CT molecular complexity index is 844. The van der Waals surface area contributed by atoms with Gasteiger partial charge >= 0.3 is 5.97 Å². The van der Waals surface area contributed by atoms with Crippen molar-refractivity contribution >= 4 is 33.1 Å². The Balaban J connectivity index is 2.02. The highest BCUT2D eigenvalue weighted by atomic mass is 32.2. The second-order valence-corrected chi connectivity index (χ2v) is 8.38. The van der Waals surface area contributed by atoms with Crippen molar-refractivity contribution in [2.75, 3.05) is 19.4 Å². The predicted octanol–water partition coefficient (Wildman–Crippen LogP) is 2.36. The SMILES string of the molecule is CCS(=O)(=O)c1ccccc1C(=O)OCC(=O)N(C)Cc1ccsc1. The summed E-state index contributed by atoms with van der Waals surface area (Å²) in [6, 6.07) is 7.74. The molecular weight excluding hydrogens is 362 g/mol. The molecule has 25 heavy (non-hydrogen) atoms. The molecule has 8 heteroatoms. The van der Waals surface area contributed by atoms with Crippen molar-refractivity contribution in [2.24, 2.45) is 0 Å². The van der Waals surface area contributed by atoms with Gasteiger partial charge in [-0.25, -0.2) is 13.2 Å². The zero-order valence-corrected chi connectivity index (χ0v) is 15.6. The zero-order valence-electron chi connectivity index (χ0n) is 14.0. The van der Waals surface area contributed by atoms with E-state index in [1.807, 2.05) is 16.8 Å². The second-order valence-electron chi connectivity index (χ2n) is 5.36. The summed E-state index contributed by atoms with van der Waals surface area (Å²) < 4.78 is 29.2. The van der Waals surface area contributed by atoms with E-state index >= 15 is 0 Å². The van der Waals surface area contributed by atoms with E-state index in [-0.39, 0.29) is 22.1 Å². The van der Waals surface area contributed by atoms with Crippen LogP contribution in [0.25, 0.3) is 0 Å². The third-order valence-electron chi connectivity index (χ3n) is 3.57. The van der Waals surface area contributed by atoms with Gasteiger partial charge in [0, 0.05) is 13.6 Å². The van der Waals surface area contributed by atoms with Crippen LogP contribution in [0.2, 0.25) is 0 Å². The number of ether oxygens (including phenoxy) is 1. The van der Waals surface area contributed by atoms with Gasteiger partial charge in [-0.3, -0.25) is 4.79 Å². The minimum Gasteiger partial charge on any atom is -0.452 e. The van der Waals surface area contributed by atoms with Crippen molar-refractivity contribution in [3.63, 3.8) is 0 Å². The number of nitrogens with zero attached hydrogens (tertiary/aromatic N) is 1. The van der Waals surface area contributed by atoms with Crippen LogP contribution in [0.5, 0.6) is 0 Å². The third kappa shape index (κ3) is 4.90. The van der Waals surface area contributed by atoms with E-state index in [2.05, 4.69) is 0 Å². The summed E-state index contributed by atoms with van der Waals surface area (Å²) in [6.07, 6.45) is 0. The molecule has 1 aromatic heterocycles. The highest BCUT2D eigenvalue weighted by Gasteiger charge is 2.22. The Kier molecular flexibility index (Phi) is 6.33. The van der Waals surface area contributed by atoms with Crippen LogP contribution >= 0.6 is 11.3 Å². The number of carbonyl (C=O) groups is 2. The van der Waals surface area contributed by atoms with Gasteiger partial charge in [0.05, 0.1) is 16.2 Å². The van der Waals surface area contributed by atoms with Crippen LogP contribution in [-0.4, -0.2) is 44.6 Å². The van der Waals surface area contributed by atoms with E-state index in [0.717, 1.165) is 5.56 Å². The largest absolute Gasteiger partial charge is 0.452 e. The Morgan fingerprint density at radius 1 is 1.20 bits per heavy atom. The van der Waals surface area contributed by atoms with Gasteiger partial charge < -0.3 is 9.64 Å². The molecule has 0 bridgehead atoms. The number of rotatable bonds is 7. The van der Waals surface area contributed by atoms with Gasteiger partial charge in [0.2, 0.25) is 0 Å². The minimum atomic E-state index is -3.56. The zero-order chi connectivity index (χ0) is 18.4. The molecular formula is C17H19NO5S2. The maximum absolute atomic E-state index is 12.2. The average Bonchev–Trinajstić information content (AvgIpc) is 3.12. The summed E-state index contributed by atoms with van der Waals surface area (Å²) in [5.74, 6) is -1.32. The molecule has 0 aliphatic heterocycles. The molecule has 1 aromatic carbocycles. The molecule has 0 unspecified atom stereocenters. The lowest BCUT2D eigenvalue weighted by Crippen LogP contribution is -2.30. The Hall–Kier alpha value is -2.19. The van der Waals surface area contributed by atoms with Gasteiger partial charge in [-0.2, -0.15) is 11.3 Å². The van der Waals surface area contributed by atoms with E-state index in [1.165, 1.54) is 35.3 Å². The smallest absolute Gasteiger partial charge is 0.339 e. The highest BCUT2D eigenvalue weighted by molar-refractivity contribution is 7.91. The summed E-state index contributed by atoms with van der Waals surface area (Å²) in [6.45, 7) is 1.47. The molecule has 0 N–H and O–H groups in total. The van der Waals surface area contributed by atoms with Crippen molar-refractivity contribution in [3.05, 3.63) is 52.2 Å². The Morgan fingerprint density at radius 3 is 2.56 bits per heavy atom.